The lowest BCUT2D eigenvalue weighted by atomic mass is 10.2. The average Bonchev–Trinajstić information content (AvgIpc) is 2.88. The quantitative estimate of drug-likeness (QED) is 0.919. The fourth-order valence-electron chi connectivity index (χ4n) is 2.86. The Morgan fingerprint density at radius 2 is 1.95 bits per heavy atom. The van der Waals surface area contributed by atoms with E-state index in [0.717, 1.165) is 30.2 Å². The summed E-state index contributed by atoms with van der Waals surface area (Å²) in [5.41, 5.74) is 1.12. The van der Waals surface area contributed by atoms with Gasteiger partial charge in [0.15, 0.2) is 0 Å². The van der Waals surface area contributed by atoms with E-state index in [0.29, 0.717) is 19.5 Å². The predicted molar refractivity (Wildman–Crippen MR) is 87.7 cm³/mol. The minimum atomic E-state index is -0.0710. The molecule has 1 atom stereocenters. The number of nitrogens with one attached hydrogen (secondary N) is 1. The second-order valence-electron chi connectivity index (χ2n) is 5.71. The second kappa shape index (κ2) is 7.05. The van der Waals surface area contributed by atoms with Crippen molar-refractivity contribution in [3.63, 3.8) is 0 Å². The third-order valence-electron chi connectivity index (χ3n) is 4.06. The second-order valence-corrected chi connectivity index (χ2v) is 6.93. The van der Waals surface area contributed by atoms with Crippen LogP contribution in [0.4, 0.5) is 4.79 Å². The van der Waals surface area contributed by atoms with Gasteiger partial charge in [0, 0.05) is 44.1 Å². The van der Waals surface area contributed by atoms with Gasteiger partial charge in [-0.15, -0.1) is 0 Å². The third-order valence-corrected chi connectivity index (χ3v) is 5.00. The summed E-state index contributed by atoms with van der Waals surface area (Å²) in [5, 5.41) is 3.01. The number of nitrogens with zero attached hydrogens (tertiary/aromatic N) is 2. The number of amides is 3. The molecule has 0 unspecified atom stereocenters. The van der Waals surface area contributed by atoms with Crippen LogP contribution >= 0.6 is 11.8 Å². The van der Waals surface area contributed by atoms with Gasteiger partial charge in [0.2, 0.25) is 5.91 Å². The SMILES string of the molecule is O=C1C[C@H](NC(=O)N2CCSCC2)CN1Cc1ccccc1. The molecule has 0 saturated carbocycles. The number of hydrogen-bond acceptors (Lipinski definition) is 3. The van der Waals surface area contributed by atoms with E-state index in [-0.39, 0.29) is 18.0 Å². The minimum absolute atomic E-state index is 0.0281. The van der Waals surface area contributed by atoms with E-state index in [9.17, 15) is 9.59 Å². The first kappa shape index (κ1) is 15.2. The van der Waals surface area contributed by atoms with Gasteiger partial charge in [0.05, 0.1) is 6.04 Å². The zero-order valence-electron chi connectivity index (χ0n) is 12.5. The lowest BCUT2D eigenvalue weighted by Gasteiger charge is -2.28. The van der Waals surface area contributed by atoms with Crippen LogP contribution in [0.5, 0.6) is 0 Å². The largest absolute Gasteiger partial charge is 0.336 e. The molecule has 2 aliphatic rings. The molecule has 1 aromatic carbocycles. The maximum Gasteiger partial charge on any atom is 0.317 e. The van der Waals surface area contributed by atoms with Gasteiger partial charge >= 0.3 is 6.03 Å². The maximum absolute atomic E-state index is 12.2. The molecule has 3 amide bonds. The fourth-order valence-corrected chi connectivity index (χ4v) is 3.76. The highest BCUT2D eigenvalue weighted by atomic mass is 32.2. The Bertz CT molecular complexity index is 531. The third kappa shape index (κ3) is 3.74. The first-order valence-corrected chi connectivity index (χ1v) is 8.83. The van der Waals surface area contributed by atoms with Crippen molar-refractivity contribution >= 4 is 23.7 Å². The number of thioether (sulfide) groups is 1. The van der Waals surface area contributed by atoms with Crippen LogP contribution in [0.2, 0.25) is 0 Å². The molecule has 3 rings (SSSR count). The van der Waals surface area contributed by atoms with Crippen molar-refractivity contribution in [1.82, 2.24) is 15.1 Å². The van der Waals surface area contributed by atoms with Gasteiger partial charge in [0.1, 0.15) is 0 Å². The van der Waals surface area contributed by atoms with Crippen molar-refractivity contribution in [2.75, 3.05) is 31.1 Å². The van der Waals surface area contributed by atoms with E-state index in [4.69, 9.17) is 0 Å². The van der Waals surface area contributed by atoms with Crippen LogP contribution in [-0.4, -0.2) is 58.9 Å². The van der Waals surface area contributed by atoms with E-state index >= 15 is 0 Å². The Morgan fingerprint density at radius 1 is 1.23 bits per heavy atom. The summed E-state index contributed by atoms with van der Waals surface area (Å²) < 4.78 is 0. The average molecular weight is 319 g/mol. The summed E-state index contributed by atoms with van der Waals surface area (Å²) in [6.45, 7) is 2.81. The van der Waals surface area contributed by atoms with Crippen LogP contribution in [-0.2, 0) is 11.3 Å². The molecule has 5 nitrogen and oxygen atoms in total. The first-order valence-electron chi connectivity index (χ1n) is 7.67. The zero-order valence-corrected chi connectivity index (χ0v) is 13.3. The number of carbonyl (C=O) groups is 2. The zero-order chi connectivity index (χ0) is 15.4. The van der Waals surface area contributed by atoms with E-state index in [1.54, 1.807) is 0 Å². The van der Waals surface area contributed by atoms with Crippen molar-refractivity contribution in [3.8, 4) is 0 Å². The summed E-state index contributed by atoms with van der Waals surface area (Å²) in [6, 6.07) is 9.86. The van der Waals surface area contributed by atoms with Crippen LogP contribution in [0.3, 0.4) is 0 Å². The Morgan fingerprint density at radius 3 is 2.68 bits per heavy atom. The molecular weight excluding hydrogens is 298 g/mol. The Balaban J connectivity index is 1.52. The summed E-state index contributed by atoms with van der Waals surface area (Å²) in [6.07, 6.45) is 0.404. The number of urea groups is 1. The molecule has 0 aromatic heterocycles. The smallest absolute Gasteiger partial charge is 0.317 e. The number of likely N-dealkylation sites (tertiary alicyclic amines) is 1. The molecule has 1 N–H and O–H groups in total. The molecule has 1 aromatic rings. The predicted octanol–water partition coefficient (Wildman–Crippen LogP) is 1.55. The molecule has 118 valence electrons. The van der Waals surface area contributed by atoms with Crippen molar-refractivity contribution in [3.05, 3.63) is 35.9 Å². The van der Waals surface area contributed by atoms with Crippen molar-refractivity contribution in [1.29, 1.82) is 0 Å². The fraction of sp³-hybridized carbons (Fsp3) is 0.500. The number of carbonyl (C=O) groups excluding carboxylic acids is 2. The molecule has 2 aliphatic heterocycles. The van der Waals surface area contributed by atoms with Crippen LogP contribution in [0.25, 0.3) is 0 Å². The summed E-state index contributed by atoms with van der Waals surface area (Å²) in [7, 11) is 0. The summed E-state index contributed by atoms with van der Waals surface area (Å²) in [5.74, 6) is 2.11. The topological polar surface area (TPSA) is 52.7 Å². The molecule has 2 heterocycles. The summed E-state index contributed by atoms with van der Waals surface area (Å²) in [4.78, 5) is 28.0. The highest BCUT2D eigenvalue weighted by Crippen LogP contribution is 2.16. The summed E-state index contributed by atoms with van der Waals surface area (Å²) >= 11 is 1.88. The Labute approximate surface area is 135 Å². The van der Waals surface area contributed by atoms with Gasteiger partial charge in [0.25, 0.3) is 0 Å². The van der Waals surface area contributed by atoms with Gasteiger partial charge in [-0.2, -0.15) is 11.8 Å². The molecular formula is C16H21N3O2S. The molecule has 0 aliphatic carbocycles. The lowest BCUT2D eigenvalue weighted by molar-refractivity contribution is -0.128. The standard InChI is InChI=1S/C16H21N3O2S/c20-15-10-14(17-16(21)18-6-8-22-9-7-18)12-19(15)11-13-4-2-1-3-5-13/h1-5,14H,6-12H2,(H,17,21)/t14-/m0/s1. The Kier molecular flexibility index (Phi) is 4.87. The number of rotatable bonds is 3. The van der Waals surface area contributed by atoms with Crippen LogP contribution < -0.4 is 5.32 Å². The Hall–Kier alpha value is -1.69. The van der Waals surface area contributed by atoms with Gasteiger partial charge in [-0.25, -0.2) is 4.79 Å². The molecule has 6 heteroatoms. The normalized spacial score (nSPS) is 22.0. The van der Waals surface area contributed by atoms with Crippen LogP contribution in [0.1, 0.15) is 12.0 Å². The van der Waals surface area contributed by atoms with Gasteiger partial charge < -0.3 is 15.1 Å². The van der Waals surface area contributed by atoms with E-state index < -0.39 is 0 Å². The van der Waals surface area contributed by atoms with E-state index in [1.807, 2.05) is 51.9 Å². The molecule has 0 spiro atoms. The van der Waals surface area contributed by atoms with E-state index in [2.05, 4.69) is 5.32 Å². The lowest BCUT2D eigenvalue weighted by Crippen LogP contribution is -2.48. The molecule has 0 bridgehead atoms. The van der Waals surface area contributed by atoms with Gasteiger partial charge in [-0.05, 0) is 5.56 Å². The van der Waals surface area contributed by atoms with Crippen molar-refractivity contribution in [2.45, 2.75) is 19.0 Å². The van der Waals surface area contributed by atoms with Crippen LogP contribution in [0.15, 0.2) is 30.3 Å². The minimum Gasteiger partial charge on any atom is -0.336 e. The van der Waals surface area contributed by atoms with E-state index in [1.165, 1.54) is 0 Å². The van der Waals surface area contributed by atoms with Crippen LogP contribution in [0, 0.1) is 0 Å². The maximum atomic E-state index is 12.2. The monoisotopic (exact) mass is 319 g/mol. The number of benzene rings is 1. The first-order chi connectivity index (χ1) is 10.7. The highest BCUT2D eigenvalue weighted by Gasteiger charge is 2.31. The van der Waals surface area contributed by atoms with Crippen molar-refractivity contribution in [2.24, 2.45) is 0 Å². The number of hydrogen-bond donors (Lipinski definition) is 1. The molecule has 0 radical (unpaired) electrons. The molecule has 22 heavy (non-hydrogen) atoms. The van der Waals surface area contributed by atoms with Gasteiger partial charge in [-0.3, -0.25) is 4.79 Å². The van der Waals surface area contributed by atoms with Crippen molar-refractivity contribution < 1.29 is 9.59 Å². The molecule has 2 saturated heterocycles. The highest BCUT2D eigenvalue weighted by molar-refractivity contribution is 7.99. The molecule has 2 fully saturated rings. The van der Waals surface area contributed by atoms with Gasteiger partial charge in [-0.1, -0.05) is 30.3 Å².